The van der Waals surface area contributed by atoms with Crippen molar-refractivity contribution in [3.05, 3.63) is 218 Å². The van der Waals surface area contributed by atoms with Crippen LogP contribution < -0.4 is 4.90 Å². The molecule has 10 aromatic carbocycles. The van der Waals surface area contributed by atoms with Crippen LogP contribution in [0.15, 0.2) is 212 Å². The van der Waals surface area contributed by atoms with Crippen LogP contribution >= 0.6 is 0 Å². The molecule has 1 heterocycles. The molecule has 0 bridgehead atoms. The van der Waals surface area contributed by atoms with Gasteiger partial charge in [-0.25, -0.2) is 0 Å². The van der Waals surface area contributed by atoms with Crippen molar-refractivity contribution in [2.45, 2.75) is 6.92 Å². The number of anilines is 3. The van der Waals surface area contributed by atoms with E-state index in [1.165, 1.54) is 81.9 Å². The van der Waals surface area contributed by atoms with Crippen LogP contribution in [-0.2, 0) is 0 Å². The molecule has 0 aliphatic carbocycles. The molecule has 11 aromatic rings. The predicted octanol–water partition coefficient (Wildman–Crippen LogP) is 15.4. The maximum Gasteiger partial charge on any atom is 0.0541 e. The van der Waals surface area contributed by atoms with Gasteiger partial charge in [-0.3, -0.25) is 0 Å². The van der Waals surface area contributed by atoms with Gasteiger partial charge in [-0.1, -0.05) is 163 Å². The fourth-order valence-corrected chi connectivity index (χ4v) is 9.16. The van der Waals surface area contributed by atoms with Crippen LogP contribution in [-0.4, -0.2) is 4.57 Å². The number of hydrogen-bond acceptors (Lipinski definition) is 1. The van der Waals surface area contributed by atoms with E-state index in [1.807, 2.05) is 0 Å². The number of rotatable bonds is 6. The van der Waals surface area contributed by atoms with Gasteiger partial charge in [0.1, 0.15) is 0 Å². The van der Waals surface area contributed by atoms with Crippen molar-refractivity contribution in [2.24, 2.45) is 0 Å². The Morgan fingerprint density at radius 2 is 0.877 bits per heavy atom. The monoisotopic (exact) mass is 726 g/mol. The van der Waals surface area contributed by atoms with E-state index < -0.39 is 0 Å². The fourth-order valence-electron chi connectivity index (χ4n) is 9.16. The van der Waals surface area contributed by atoms with Crippen molar-refractivity contribution in [1.82, 2.24) is 4.57 Å². The van der Waals surface area contributed by atoms with Gasteiger partial charge in [0.05, 0.1) is 16.7 Å². The van der Waals surface area contributed by atoms with E-state index in [4.69, 9.17) is 0 Å². The van der Waals surface area contributed by atoms with E-state index in [1.54, 1.807) is 0 Å². The lowest BCUT2D eigenvalue weighted by molar-refractivity contribution is 1.17. The summed E-state index contributed by atoms with van der Waals surface area (Å²) in [5.41, 5.74) is 13.2. The Bertz CT molecular complexity index is 3230. The molecule has 0 amide bonds. The first-order valence-corrected chi connectivity index (χ1v) is 19.7. The van der Waals surface area contributed by atoms with Crippen molar-refractivity contribution < 1.29 is 0 Å². The molecule has 0 atom stereocenters. The number of hydrogen-bond donors (Lipinski definition) is 0. The average molecular weight is 727 g/mol. The molecule has 0 N–H and O–H groups in total. The molecule has 11 rings (SSSR count). The van der Waals surface area contributed by atoms with Crippen LogP contribution in [0, 0.1) is 6.92 Å². The van der Waals surface area contributed by atoms with Crippen LogP contribution in [0.3, 0.4) is 0 Å². The molecule has 0 spiro atoms. The third-order valence-electron chi connectivity index (χ3n) is 11.6. The summed E-state index contributed by atoms with van der Waals surface area (Å²) in [4.78, 5) is 2.40. The second-order valence-electron chi connectivity index (χ2n) is 14.9. The Balaban J connectivity index is 1.12. The second kappa shape index (κ2) is 13.4. The van der Waals surface area contributed by atoms with E-state index in [-0.39, 0.29) is 0 Å². The molecule has 0 saturated heterocycles. The summed E-state index contributed by atoms with van der Waals surface area (Å²) in [6, 6.07) is 77.5. The summed E-state index contributed by atoms with van der Waals surface area (Å²) < 4.78 is 2.38. The smallest absolute Gasteiger partial charge is 0.0541 e. The van der Waals surface area contributed by atoms with Crippen molar-refractivity contribution in [3.8, 4) is 27.9 Å². The summed E-state index contributed by atoms with van der Waals surface area (Å²) in [5.74, 6) is 0. The Morgan fingerprint density at radius 3 is 1.58 bits per heavy atom. The minimum atomic E-state index is 1.10. The van der Waals surface area contributed by atoms with E-state index in [0.29, 0.717) is 0 Å². The Labute approximate surface area is 332 Å². The Kier molecular flexibility index (Phi) is 7.75. The summed E-state index contributed by atoms with van der Waals surface area (Å²) in [5, 5.41) is 10.00. The van der Waals surface area contributed by atoms with Gasteiger partial charge in [0.2, 0.25) is 0 Å². The van der Waals surface area contributed by atoms with Crippen LogP contribution in [0.1, 0.15) is 5.56 Å². The van der Waals surface area contributed by atoms with E-state index in [0.717, 1.165) is 22.7 Å². The summed E-state index contributed by atoms with van der Waals surface area (Å²) in [6.07, 6.45) is 0. The SMILES string of the molecule is Cc1ccc2c(-c3cccc4c(N(c5ccccc5)c5ccc(-n6c7ccccc7c7ccccc76)cc5)cccc34)c3ccccc3c(-c3ccccc3)c2c1. The molecule has 0 radical (unpaired) electrons. The lowest BCUT2D eigenvalue weighted by Crippen LogP contribution is -2.10. The molecule has 0 saturated carbocycles. The van der Waals surface area contributed by atoms with E-state index >= 15 is 0 Å². The molecule has 57 heavy (non-hydrogen) atoms. The maximum atomic E-state index is 2.40. The molecule has 2 heteroatoms. The molecule has 2 nitrogen and oxygen atoms in total. The van der Waals surface area contributed by atoms with Crippen LogP contribution in [0.25, 0.3) is 82.1 Å². The number of nitrogens with zero attached hydrogens (tertiary/aromatic N) is 2. The standard InChI is InChI=1S/C55H38N2/c1-37-30-35-49-50(36-37)54(38-16-4-2-5-17-38)47-22-8-9-23-48(47)55(49)46-26-14-25-43-42(46)24-15-29-51(43)56(39-18-6-3-7-19-39)40-31-33-41(34-32-40)57-52-27-12-10-20-44(52)45-21-11-13-28-53(45)57/h2-36H,1H3. The molecule has 0 fully saturated rings. The number of para-hydroxylation sites is 3. The minimum absolute atomic E-state index is 1.10. The number of aryl methyl sites for hydroxylation is 1. The highest BCUT2D eigenvalue weighted by molar-refractivity contribution is 6.24. The van der Waals surface area contributed by atoms with Crippen LogP contribution in [0.5, 0.6) is 0 Å². The molecule has 1 aromatic heterocycles. The largest absolute Gasteiger partial charge is 0.310 e. The third-order valence-corrected chi connectivity index (χ3v) is 11.6. The topological polar surface area (TPSA) is 8.17 Å². The van der Waals surface area contributed by atoms with Gasteiger partial charge in [0, 0.05) is 33.2 Å². The van der Waals surface area contributed by atoms with Crippen LogP contribution in [0.2, 0.25) is 0 Å². The summed E-state index contributed by atoms with van der Waals surface area (Å²) >= 11 is 0. The molecule has 0 aliphatic heterocycles. The zero-order valence-corrected chi connectivity index (χ0v) is 31.6. The molecule has 268 valence electrons. The zero-order valence-electron chi connectivity index (χ0n) is 31.6. The fraction of sp³-hybridized carbons (Fsp3) is 0.0182. The quantitative estimate of drug-likeness (QED) is 0.155. The van der Waals surface area contributed by atoms with Gasteiger partial charge in [-0.2, -0.15) is 0 Å². The van der Waals surface area contributed by atoms with E-state index in [9.17, 15) is 0 Å². The first-order valence-electron chi connectivity index (χ1n) is 19.7. The van der Waals surface area contributed by atoms with Gasteiger partial charge in [-0.15, -0.1) is 0 Å². The van der Waals surface area contributed by atoms with Gasteiger partial charge in [0.15, 0.2) is 0 Å². The van der Waals surface area contributed by atoms with Crippen LogP contribution in [0.4, 0.5) is 17.1 Å². The van der Waals surface area contributed by atoms with Gasteiger partial charge >= 0.3 is 0 Å². The molecule has 0 aliphatic rings. The number of fused-ring (bicyclic) bond motifs is 6. The summed E-state index contributed by atoms with van der Waals surface area (Å²) in [7, 11) is 0. The van der Waals surface area contributed by atoms with Gasteiger partial charge in [-0.05, 0) is 111 Å². The molecular formula is C55H38N2. The number of benzene rings is 10. The third kappa shape index (κ3) is 5.33. The highest BCUT2D eigenvalue weighted by Crippen LogP contribution is 2.47. The van der Waals surface area contributed by atoms with Crippen molar-refractivity contribution >= 4 is 71.2 Å². The lowest BCUT2D eigenvalue weighted by atomic mass is 9.84. The lowest BCUT2D eigenvalue weighted by Gasteiger charge is -2.27. The van der Waals surface area contributed by atoms with Crippen molar-refractivity contribution in [2.75, 3.05) is 4.90 Å². The second-order valence-corrected chi connectivity index (χ2v) is 14.9. The van der Waals surface area contributed by atoms with Gasteiger partial charge in [0.25, 0.3) is 0 Å². The minimum Gasteiger partial charge on any atom is -0.310 e. The highest BCUT2D eigenvalue weighted by atomic mass is 15.1. The highest BCUT2D eigenvalue weighted by Gasteiger charge is 2.21. The first kappa shape index (κ1) is 33.0. The van der Waals surface area contributed by atoms with Crippen molar-refractivity contribution in [1.29, 1.82) is 0 Å². The maximum absolute atomic E-state index is 2.40. The Hall–Kier alpha value is -7.42. The van der Waals surface area contributed by atoms with E-state index in [2.05, 4.69) is 229 Å². The average Bonchev–Trinajstić information content (AvgIpc) is 3.61. The van der Waals surface area contributed by atoms with Crippen molar-refractivity contribution in [3.63, 3.8) is 0 Å². The molecular weight excluding hydrogens is 689 g/mol. The zero-order chi connectivity index (χ0) is 37.9. The Morgan fingerprint density at radius 1 is 0.351 bits per heavy atom. The summed E-state index contributed by atoms with van der Waals surface area (Å²) in [6.45, 7) is 2.20. The molecule has 0 unspecified atom stereocenters. The normalized spacial score (nSPS) is 11.6. The number of aromatic nitrogens is 1. The predicted molar refractivity (Wildman–Crippen MR) is 244 cm³/mol. The first-order chi connectivity index (χ1) is 28.2. The van der Waals surface area contributed by atoms with Gasteiger partial charge < -0.3 is 9.47 Å².